The molecule has 3 amide bonds. The Bertz CT molecular complexity index is 801. The molecule has 1 unspecified atom stereocenters. The molecule has 7 nitrogen and oxygen atoms in total. The molecular weight excluding hydrogens is 385 g/mol. The van der Waals surface area contributed by atoms with Gasteiger partial charge in [-0.2, -0.15) is 0 Å². The minimum atomic E-state index is -3.12. The molecule has 1 aliphatic heterocycles. The van der Waals surface area contributed by atoms with E-state index in [4.69, 9.17) is 11.6 Å². The van der Waals surface area contributed by atoms with Gasteiger partial charge in [0, 0.05) is 11.7 Å². The zero-order valence-corrected chi connectivity index (χ0v) is 16.0. The Labute approximate surface area is 156 Å². The second-order valence-electron chi connectivity index (χ2n) is 6.56. The third-order valence-corrected chi connectivity index (χ3v) is 6.05. The average molecular weight is 406 g/mol. The number of carbonyl (C=O) groups excluding carboxylic acids is 2. The minimum absolute atomic E-state index is 0.0391. The Morgan fingerprint density at radius 3 is 2.54 bits per heavy atom. The van der Waals surface area contributed by atoms with Crippen LogP contribution in [0.3, 0.4) is 0 Å². The highest BCUT2D eigenvalue weighted by molar-refractivity contribution is 7.91. The predicted molar refractivity (Wildman–Crippen MR) is 97.4 cm³/mol. The number of benzene rings is 1. The van der Waals surface area contributed by atoms with E-state index in [-0.39, 0.29) is 22.4 Å². The molecule has 1 heterocycles. The van der Waals surface area contributed by atoms with E-state index >= 15 is 0 Å². The summed E-state index contributed by atoms with van der Waals surface area (Å²) in [5, 5.41) is 7.58. The van der Waals surface area contributed by atoms with Crippen molar-refractivity contribution >= 4 is 39.1 Å². The number of sulfone groups is 1. The fourth-order valence-electron chi connectivity index (χ4n) is 2.61. The van der Waals surface area contributed by atoms with Crippen molar-refractivity contribution < 1.29 is 22.4 Å². The van der Waals surface area contributed by atoms with Crippen LogP contribution in [0.1, 0.15) is 20.3 Å². The van der Waals surface area contributed by atoms with Crippen molar-refractivity contribution in [1.82, 2.24) is 10.6 Å². The van der Waals surface area contributed by atoms with E-state index in [1.54, 1.807) is 13.8 Å². The van der Waals surface area contributed by atoms with E-state index in [2.05, 4.69) is 16.0 Å². The fourth-order valence-corrected chi connectivity index (χ4v) is 4.46. The Balaban J connectivity index is 1.97. The number of halogens is 2. The minimum Gasteiger partial charge on any atom is -0.334 e. The summed E-state index contributed by atoms with van der Waals surface area (Å²) in [4.78, 5) is 24.6. The van der Waals surface area contributed by atoms with Crippen LogP contribution in [0.5, 0.6) is 0 Å². The van der Waals surface area contributed by atoms with E-state index in [1.807, 2.05) is 0 Å². The first-order chi connectivity index (χ1) is 12.1. The molecule has 1 aliphatic rings. The molecule has 2 rings (SSSR count). The molecule has 1 aromatic carbocycles. The number of hydrogen-bond donors (Lipinski definition) is 3. The maximum Gasteiger partial charge on any atom is 0.315 e. The summed E-state index contributed by atoms with van der Waals surface area (Å²) in [5.41, 5.74) is 0.302. The largest absolute Gasteiger partial charge is 0.334 e. The van der Waals surface area contributed by atoms with Crippen molar-refractivity contribution in [2.75, 3.05) is 16.8 Å². The van der Waals surface area contributed by atoms with Crippen LogP contribution in [-0.2, 0) is 14.6 Å². The van der Waals surface area contributed by atoms with Crippen molar-refractivity contribution in [3.8, 4) is 0 Å². The molecule has 0 spiro atoms. The van der Waals surface area contributed by atoms with Gasteiger partial charge in [0.05, 0.1) is 16.5 Å². The first-order valence-electron chi connectivity index (χ1n) is 8.11. The first-order valence-corrected chi connectivity index (χ1v) is 10.3. The van der Waals surface area contributed by atoms with Crippen molar-refractivity contribution in [3.05, 3.63) is 29.0 Å². The molecule has 0 saturated carbocycles. The van der Waals surface area contributed by atoms with E-state index in [1.165, 1.54) is 12.1 Å². The summed E-state index contributed by atoms with van der Waals surface area (Å²) in [7, 11) is -3.12. The molecule has 0 radical (unpaired) electrons. The Morgan fingerprint density at radius 1 is 1.31 bits per heavy atom. The fraction of sp³-hybridized carbons (Fsp3) is 0.500. The maximum atomic E-state index is 13.2. The van der Waals surface area contributed by atoms with Gasteiger partial charge in [-0.25, -0.2) is 17.6 Å². The number of carbonyl (C=O) groups is 2. The number of urea groups is 1. The van der Waals surface area contributed by atoms with E-state index in [9.17, 15) is 22.4 Å². The lowest BCUT2D eigenvalue weighted by Gasteiger charge is -2.23. The van der Waals surface area contributed by atoms with Gasteiger partial charge < -0.3 is 16.0 Å². The number of rotatable bonds is 5. The average Bonchev–Trinajstić information content (AvgIpc) is 2.86. The summed E-state index contributed by atoms with van der Waals surface area (Å²) in [6, 6.07) is 1.82. The highest BCUT2D eigenvalue weighted by atomic mass is 35.5. The van der Waals surface area contributed by atoms with Gasteiger partial charge in [-0.15, -0.1) is 0 Å². The van der Waals surface area contributed by atoms with Crippen molar-refractivity contribution in [2.45, 2.75) is 32.4 Å². The Hall–Kier alpha value is -1.87. The summed E-state index contributed by atoms with van der Waals surface area (Å²) >= 11 is 5.69. The van der Waals surface area contributed by atoms with Crippen molar-refractivity contribution in [2.24, 2.45) is 5.92 Å². The summed E-state index contributed by atoms with van der Waals surface area (Å²) < 4.78 is 36.1. The molecule has 0 aromatic heterocycles. The van der Waals surface area contributed by atoms with Crippen molar-refractivity contribution in [1.29, 1.82) is 0 Å². The molecule has 2 atom stereocenters. The van der Waals surface area contributed by atoms with Crippen LogP contribution >= 0.6 is 11.6 Å². The van der Waals surface area contributed by atoms with Gasteiger partial charge >= 0.3 is 6.03 Å². The normalized spacial score (nSPS) is 19.8. The number of hydrogen-bond acceptors (Lipinski definition) is 4. The standard InChI is InChI=1S/C16H21ClFN3O4S/c1-9(2)14(15(22)19-10-3-4-13(18)12(17)7-10)21-16(23)20-11-5-6-26(24,25)8-11/h3-4,7,9,11,14H,5-6,8H2,1-2H3,(H,19,22)(H2,20,21,23)/t11?,14-/m1/s1. The van der Waals surface area contributed by atoms with Gasteiger partial charge in [-0.1, -0.05) is 25.4 Å². The van der Waals surface area contributed by atoms with Gasteiger partial charge in [0.2, 0.25) is 5.91 Å². The maximum absolute atomic E-state index is 13.2. The lowest BCUT2D eigenvalue weighted by Crippen LogP contribution is -2.52. The third-order valence-electron chi connectivity index (χ3n) is 3.99. The van der Waals surface area contributed by atoms with E-state index in [0.29, 0.717) is 12.1 Å². The van der Waals surface area contributed by atoms with Crippen molar-refractivity contribution in [3.63, 3.8) is 0 Å². The number of anilines is 1. The van der Waals surface area contributed by atoms with Crippen LogP contribution in [0.4, 0.5) is 14.9 Å². The van der Waals surface area contributed by atoms with Crippen LogP contribution < -0.4 is 16.0 Å². The first kappa shape index (κ1) is 20.4. The van der Waals surface area contributed by atoms with Gasteiger partial charge in [-0.3, -0.25) is 4.79 Å². The second kappa shape index (κ2) is 8.22. The Kier molecular flexibility index (Phi) is 6.46. The van der Waals surface area contributed by atoms with Gasteiger partial charge in [0.1, 0.15) is 11.9 Å². The molecule has 1 fully saturated rings. The van der Waals surface area contributed by atoms with Crippen LogP contribution in [-0.4, -0.2) is 43.9 Å². The van der Waals surface area contributed by atoms with Crippen LogP contribution in [0.25, 0.3) is 0 Å². The Morgan fingerprint density at radius 2 is 2.00 bits per heavy atom. The summed E-state index contributed by atoms with van der Waals surface area (Å²) in [6.07, 6.45) is 0.350. The van der Waals surface area contributed by atoms with Crippen LogP contribution in [0.15, 0.2) is 18.2 Å². The SMILES string of the molecule is CC(C)[C@@H](NC(=O)NC1CCS(=O)(=O)C1)C(=O)Nc1ccc(F)c(Cl)c1. The topological polar surface area (TPSA) is 104 Å². The molecule has 10 heteroatoms. The van der Waals surface area contributed by atoms with Crippen LogP contribution in [0, 0.1) is 11.7 Å². The van der Waals surface area contributed by atoms with Gasteiger partial charge in [0.15, 0.2) is 9.84 Å². The quantitative estimate of drug-likeness (QED) is 0.696. The predicted octanol–water partition coefficient (Wildman–Crippen LogP) is 1.93. The van der Waals surface area contributed by atoms with Gasteiger partial charge in [0.25, 0.3) is 0 Å². The molecule has 0 aliphatic carbocycles. The molecule has 1 aromatic rings. The molecule has 1 saturated heterocycles. The summed E-state index contributed by atoms with van der Waals surface area (Å²) in [5.74, 6) is -1.39. The highest BCUT2D eigenvalue weighted by Crippen LogP contribution is 2.20. The third kappa shape index (κ3) is 5.57. The zero-order valence-electron chi connectivity index (χ0n) is 14.4. The van der Waals surface area contributed by atoms with E-state index < -0.39 is 39.7 Å². The smallest absolute Gasteiger partial charge is 0.315 e. The zero-order chi connectivity index (χ0) is 19.5. The monoisotopic (exact) mass is 405 g/mol. The van der Waals surface area contributed by atoms with E-state index in [0.717, 1.165) is 6.07 Å². The highest BCUT2D eigenvalue weighted by Gasteiger charge is 2.30. The summed E-state index contributed by atoms with van der Waals surface area (Å²) in [6.45, 7) is 3.50. The van der Waals surface area contributed by atoms with Crippen LogP contribution in [0.2, 0.25) is 5.02 Å². The molecule has 26 heavy (non-hydrogen) atoms. The lowest BCUT2D eigenvalue weighted by atomic mass is 10.0. The number of nitrogens with one attached hydrogen (secondary N) is 3. The second-order valence-corrected chi connectivity index (χ2v) is 9.19. The lowest BCUT2D eigenvalue weighted by molar-refractivity contribution is -0.118. The molecule has 0 bridgehead atoms. The van der Waals surface area contributed by atoms with Gasteiger partial charge in [-0.05, 0) is 30.5 Å². The molecular formula is C16H21ClFN3O4S. The number of amides is 3. The molecule has 144 valence electrons. The molecule has 3 N–H and O–H groups in total.